The largest absolute Gasteiger partial charge is 0.490 e. The van der Waals surface area contributed by atoms with Crippen LogP contribution in [0.4, 0.5) is 11.4 Å². The van der Waals surface area contributed by atoms with E-state index in [2.05, 4.69) is 5.32 Å². The molecule has 2 rings (SSSR count). The smallest absolute Gasteiger partial charge is 0.311 e. The molecule has 0 saturated carbocycles. The Labute approximate surface area is 171 Å². The molecule has 148 valence electrons. The number of rotatable bonds is 7. The van der Waals surface area contributed by atoms with E-state index in [1.165, 1.54) is 24.1 Å². The number of hydrogen-bond donors (Lipinski definition) is 1. The van der Waals surface area contributed by atoms with Gasteiger partial charge in [-0.2, -0.15) is 0 Å². The third-order valence-corrected chi connectivity index (χ3v) is 4.48. The molecule has 8 nitrogen and oxygen atoms in total. The summed E-state index contributed by atoms with van der Waals surface area (Å²) in [6.07, 6.45) is 0. The predicted molar refractivity (Wildman–Crippen MR) is 106 cm³/mol. The molecule has 0 bridgehead atoms. The lowest BCUT2D eigenvalue weighted by molar-refractivity contribution is -0.385. The van der Waals surface area contributed by atoms with Gasteiger partial charge in [0, 0.05) is 18.2 Å². The van der Waals surface area contributed by atoms with Gasteiger partial charge in [-0.25, -0.2) is 0 Å². The van der Waals surface area contributed by atoms with Crippen molar-refractivity contribution in [1.29, 1.82) is 0 Å². The molecule has 0 spiro atoms. The van der Waals surface area contributed by atoms with Crippen LogP contribution in [-0.4, -0.2) is 41.8 Å². The number of anilines is 1. The molecule has 0 saturated heterocycles. The quantitative estimate of drug-likeness (QED) is 0.533. The van der Waals surface area contributed by atoms with Gasteiger partial charge in [0.25, 0.3) is 5.91 Å². The summed E-state index contributed by atoms with van der Waals surface area (Å²) < 4.78 is 4.93. The van der Waals surface area contributed by atoms with Crippen LogP contribution < -0.4 is 10.1 Å². The molecular formula is C18H17Cl2N3O5. The summed E-state index contributed by atoms with van der Waals surface area (Å²) in [4.78, 5) is 36.8. The van der Waals surface area contributed by atoms with Crippen LogP contribution in [0.15, 0.2) is 36.4 Å². The predicted octanol–water partition coefficient (Wildman–Crippen LogP) is 4.01. The minimum Gasteiger partial charge on any atom is -0.490 e. The minimum absolute atomic E-state index is 0.0377. The first-order valence-corrected chi connectivity index (χ1v) is 8.89. The van der Waals surface area contributed by atoms with Crippen molar-refractivity contribution < 1.29 is 19.2 Å². The van der Waals surface area contributed by atoms with Crippen LogP contribution in [0.3, 0.4) is 0 Å². The molecule has 0 heterocycles. The summed E-state index contributed by atoms with van der Waals surface area (Å²) in [5.41, 5.74) is -0.0194. The molecule has 1 N–H and O–H groups in total. The first kappa shape index (κ1) is 21.5. The first-order valence-electron chi connectivity index (χ1n) is 8.14. The standard InChI is InChI=1S/C18H17Cl2N3O5/c1-3-22(10-16(24)21-17-12(19)5-4-6-13(17)20)18(25)11-7-8-15(28-2)14(9-11)23(26)27/h4-9H,3,10H2,1-2H3,(H,21,24). The number of nitro benzene ring substituents is 1. The molecule has 0 fully saturated rings. The van der Waals surface area contributed by atoms with Crippen LogP contribution in [0.1, 0.15) is 17.3 Å². The van der Waals surface area contributed by atoms with Crippen molar-refractivity contribution in [1.82, 2.24) is 4.90 Å². The van der Waals surface area contributed by atoms with Gasteiger partial charge in [-0.05, 0) is 31.2 Å². The molecule has 28 heavy (non-hydrogen) atoms. The minimum atomic E-state index is -0.641. The Morgan fingerprint density at radius 3 is 2.39 bits per heavy atom. The number of para-hydroxylation sites is 1. The number of carbonyl (C=O) groups excluding carboxylic acids is 2. The third-order valence-electron chi connectivity index (χ3n) is 3.85. The molecule has 0 aliphatic carbocycles. The number of nitro groups is 1. The number of likely N-dealkylation sites (N-methyl/N-ethyl adjacent to an activating group) is 1. The van der Waals surface area contributed by atoms with Crippen molar-refractivity contribution >= 4 is 46.4 Å². The zero-order chi connectivity index (χ0) is 20.8. The summed E-state index contributed by atoms with van der Waals surface area (Å²) in [7, 11) is 1.30. The molecule has 10 heteroatoms. The normalized spacial score (nSPS) is 10.3. The summed E-state index contributed by atoms with van der Waals surface area (Å²) in [5.74, 6) is -1.00. The van der Waals surface area contributed by atoms with E-state index in [0.717, 1.165) is 6.07 Å². The molecule has 0 aliphatic rings. The van der Waals surface area contributed by atoms with Crippen molar-refractivity contribution in [2.45, 2.75) is 6.92 Å². The molecule has 0 aromatic heterocycles. The van der Waals surface area contributed by atoms with Gasteiger partial charge in [0.15, 0.2) is 5.75 Å². The fourth-order valence-electron chi connectivity index (χ4n) is 2.45. The van der Waals surface area contributed by atoms with Crippen molar-refractivity contribution in [2.24, 2.45) is 0 Å². The molecular weight excluding hydrogens is 409 g/mol. The average Bonchev–Trinajstić information content (AvgIpc) is 2.67. The number of hydrogen-bond acceptors (Lipinski definition) is 5. The van der Waals surface area contributed by atoms with E-state index in [-0.39, 0.29) is 45.8 Å². The highest BCUT2D eigenvalue weighted by Gasteiger charge is 2.23. The van der Waals surface area contributed by atoms with Gasteiger partial charge in [0.1, 0.15) is 6.54 Å². The molecule has 2 aromatic carbocycles. The maximum Gasteiger partial charge on any atom is 0.311 e. The Morgan fingerprint density at radius 1 is 1.21 bits per heavy atom. The molecule has 0 atom stereocenters. The van der Waals surface area contributed by atoms with Crippen molar-refractivity contribution in [3.8, 4) is 5.75 Å². The summed E-state index contributed by atoms with van der Waals surface area (Å²) in [6.45, 7) is 1.62. The maximum absolute atomic E-state index is 12.7. The Kier molecular flexibility index (Phi) is 7.19. The Balaban J connectivity index is 2.18. The van der Waals surface area contributed by atoms with Gasteiger partial charge in [0.2, 0.25) is 5.91 Å². The maximum atomic E-state index is 12.7. The number of carbonyl (C=O) groups is 2. The van der Waals surface area contributed by atoms with Crippen molar-refractivity contribution in [3.63, 3.8) is 0 Å². The third kappa shape index (κ3) is 4.90. The van der Waals surface area contributed by atoms with E-state index >= 15 is 0 Å². The van der Waals surface area contributed by atoms with Crippen LogP contribution in [-0.2, 0) is 4.79 Å². The second-order valence-electron chi connectivity index (χ2n) is 5.61. The van der Waals surface area contributed by atoms with E-state index < -0.39 is 16.7 Å². The Morgan fingerprint density at radius 2 is 1.86 bits per heavy atom. The first-order chi connectivity index (χ1) is 13.3. The number of benzene rings is 2. The van der Waals surface area contributed by atoms with E-state index in [1.807, 2.05) is 0 Å². The highest BCUT2D eigenvalue weighted by atomic mass is 35.5. The fraction of sp³-hybridized carbons (Fsp3) is 0.222. The van der Waals surface area contributed by atoms with E-state index in [4.69, 9.17) is 27.9 Å². The summed E-state index contributed by atoms with van der Waals surface area (Å²) >= 11 is 12.0. The SMILES string of the molecule is CCN(CC(=O)Nc1c(Cl)cccc1Cl)C(=O)c1ccc(OC)c([N+](=O)[O-])c1. The lowest BCUT2D eigenvalue weighted by atomic mass is 10.1. The highest BCUT2D eigenvalue weighted by Crippen LogP contribution is 2.30. The number of nitrogens with one attached hydrogen (secondary N) is 1. The number of amides is 2. The lowest BCUT2D eigenvalue weighted by Crippen LogP contribution is -2.38. The average molecular weight is 426 g/mol. The highest BCUT2D eigenvalue weighted by molar-refractivity contribution is 6.39. The Bertz CT molecular complexity index is 900. The van der Waals surface area contributed by atoms with Crippen LogP contribution in [0, 0.1) is 10.1 Å². The summed E-state index contributed by atoms with van der Waals surface area (Å²) in [6, 6.07) is 8.64. The number of halogens is 2. The molecule has 0 unspecified atom stereocenters. The zero-order valence-electron chi connectivity index (χ0n) is 15.1. The molecule has 0 radical (unpaired) electrons. The van der Waals surface area contributed by atoms with Gasteiger partial charge in [-0.1, -0.05) is 29.3 Å². The second-order valence-corrected chi connectivity index (χ2v) is 6.42. The number of methoxy groups -OCH3 is 1. The van der Waals surface area contributed by atoms with E-state index in [1.54, 1.807) is 25.1 Å². The van der Waals surface area contributed by atoms with Crippen molar-refractivity contribution in [2.75, 3.05) is 25.5 Å². The van der Waals surface area contributed by atoms with Gasteiger partial charge in [0.05, 0.1) is 27.8 Å². The second kappa shape index (κ2) is 9.38. The lowest BCUT2D eigenvalue weighted by Gasteiger charge is -2.21. The van der Waals surface area contributed by atoms with Crippen LogP contribution in [0.2, 0.25) is 10.0 Å². The topological polar surface area (TPSA) is 102 Å². The fourth-order valence-corrected chi connectivity index (χ4v) is 2.94. The zero-order valence-corrected chi connectivity index (χ0v) is 16.6. The number of ether oxygens (including phenoxy) is 1. The Hall–Kier alpha value is -2.84. The van der Waals surface area contributed by atoms with E-state index in [0.29, 0.717) is 0 Å². The number of nitrogens with zero attached hydrogens (tertiary/aromatic N) is 2. The molecule has 2 amide bonds. The molecule has 0 aliphatic heterocycles. The molecule has 2 aromatic rings. The van der Waals surface area contributed by atoms with Crippen LogP contribution >= 0.6 is 23.2 Å². The van der Waals surface area contributed by atoms with E-state index in [9.17, 15) is 19.7 Å². The van der Waals surface area contributed by atoms with Gasteiger partial charge in [-0.3, -0.25) is 19.7 Å². The van der Waals surface area contributed by atoms with Gasteiger partial charge < -0.3 is 15.0 Å². The monoisotopic (exact) mass is 425 g/mol. The van der Waals surface area contributed by atoms with Gasteiger partial charge >= 0.3 is 5.69 Å². The van der Waals surface area contributed by atoms with Gasteiger partial charge in [-0.15, -0.1) is 0 Å². The van der Waals surface area contributed by atoms with Crippen LogP contribution in [0.25, 0.3) is 0 Å². The van der Waals surface area contributed by atoms with Crippen molar-refractivity contribution in [3.05, 3.63) is 62.1 Å². The van der Waals surface area contributed by atoms with Crippen LogP contribution in [0.5, 0.6) is 5.75 Å². The summed E-state index contributed by atoms with van der Waals surface area (Å²) in [5, 5.41) is 14.3.